The lowest BCUT2D eigenvalue weighted by Crippen LogP contribution is -1.96. The van der Waals surface area contributed by atoms with Crippen LogP contribution >= 0.6 is 23.5 Å². The van der Waals surface area contributed by atoms with Crippen molar-refractivity contribution in [3.63, 3.8) is 0 Å². The molecule has 2 aromatic carbocycles. The summed E-state index contributed by atoms with van der Waals surface area (Å²) in [6.45, 7) is 0. The molecule has 0 N–H and O–H groups in total. The van der Waals surface area contributed by atoms with Crippen LogP contribution in [-0.4, -0.2) is 6.42 Å². The molecule has 0 aliphatic rings. The lowest BCUT2D eigenvalue weighted by atomic mass is 10.1. The SMILES string of the molecule is O=P(CF)(OF)Oc1ccc2ccccc2c1Br. The molecule has 0 aromatic heterocycles. The van der Waals surface area contributed by atoms with Crippen molar-refractivity contribution < 1.29 is 22.7 Å². The Bertz CT molecular complexity index is 612. The van der Waals surface area contributed by atoms with Gasteiger partial charge in [0.1, 0.15) is 5.75 Å². The highest BCUT2D eigenvalue weighted by Gasteiger charge is 2.28. The summed E-state index contributed by atoms with van der Waals surface area (Å²) in [5, 5.41) is 1.69. The standard InChI is InChI=1S/C11H8BrF2O3P/c12-11-9-4-2-1-3-8(9)5-6-10(11)16-18(15,7-13)17-14/h1-6H,7H2. The first-order chi connectivity index (χ1) is 8.59. The van der Waals surface area contributed by atoms with E-state index < -0.39 is 14.0 Å². The molecule has 0 bridgehead atoms. The van der Waals surface area contributed by atoms with E-state index >= 15 is 0 Å². The molecule has 1 unspecified atom stereocenters. The van der Waals surface area contributed by atoms with Gasteiger partial charge in [0.25, 0.3) is 0 Å². The Labute approximate surface area is 110 Å². The molecule has 0 saturated carbocycles. The van der Waals surface area contributed by atoms with Crippen LogP contribution in [0.4, 0.5) is 8.92 Å². The third-order valence-electron chi connectivity index (χ3n) is 2.32. The molecule has 0 heterocycles. The van der Waals surface area contributed by atoms with Crippen LogP contribution in [0, 0.1) is 0 Å². The molecule has 0 fully saturated rings. The topological polar surface area (TPSA) is 35.5 Å². The highest BCUT2D eigenvalue weighted by atomic mass is 79.9. The van der Waals surface area contributed by atoms with Gasteiger partial charge in [-0.05, 0) is 37.3 Å². The van der Waals surface area contributed by atoms with Gasteiger partial charge in [-0.25, -0.2) is 8.96 Å². The molecule has 0 aliphatic carbocycles. The van der Waals surface area contributed by atoms with Crippen molar-refractivity contribution in [3.05, 3.63) is 40.9 Å². The highest BCUT2D eigenvalue weighted by molar-refractivity contribution is 9.10. The first kappa shape index (κ1) is 13.5. The average molecular weight is 337 g/mol. The van der Waals surface area contributed by atoms with Crippen molar-refractivity contribution in [2.75, 3.05) is 6.42 Å². The second-order valence-electron chi connectivity index (χ2n) is 3.49. The van der Waals surface area contributed by atoms with Crippen molar-refractivity contribution in [1.82, 2.24) is 0 Å². The Morgan fingerprint density at radius 2 is 1.94 bits per heavy atom. The van der Waals surface area contributed by atoms with Crippen LogP contribution in [0.2, 0.25) is 0 Å². The number of hydrogen-bond acceptors (Lipinski definition) is 3. The lowest BCUT2D eigenvalue weighted by Gasteiger charge is -2.13. The molecule has 2 rings (SSSR count). The van der Waals surface area contributed by atoms with Crippen LogP contribution < -0.4 is 4.52 Å². The third-order valence-corrected chi connectivity index (χ3v) is 4.11. The van der Waals surface area contributed by atoms with Crippen molar-refractivity contribution in [2.24, 2.45) is 0 Å². The minimum atomic E-state index is -4.37. The van der Waals surface area contributed by atoms with Gasteiger partial charge in [-0.15, -0.1) is 0 Å². The van der Waals surface area contributed by atoms with Crippen LogP contribution in [-0.2, 0) is 9.29 Å². The molecule has 1 atom stereocenters. The summed E-state index contributed by atoms with van der Waals surface area (Å²) in [5.74, 6) is 0.0623. The van der Waals surface area contributed by atoms with Crippen molar-refractivity contribution in [3.8, 4) is 5.75 Å². The Balaban J connectivity index is 2.47. The van der Waals surface area contributed by atoms with Gasteiger partial charge in [-0.3, -0.25) is 0 Å². The van der Waals surface area contributed by atoms with Crippen LogP contribution in [0.15, 0.2) is 40.9 Å². The summed E-state index contributed by atoms with van der Waals surface area (Å²) in [6, 6.07) is 10.5. The number of rotatable bonds is 4. The second kappa shape index (κ2) is 5.34. The van der Waals surface area contributed by atoms with Crippen LogP contribution in [0.5, 0.6) is 5.75 Å². The zero-order valence-corrected chi connectivity index (χ0v) is 11.5. The van der Waals surface area contributed by atoms with E-state index in [1.165, 1.54) is 6.07 Å². The number of halogens is 3. The number of fused-ring (bicyclic) bond motifs is 1. The van der Waals surface area contributed by atoms with E-state index in [1.54, 1.807) is 18.2 Å². The van der Waals surface area contributed by atoms with Gasteiger partial charge in [0.15, 0.2) is 0 Å². The third kappa shape index (κ3) is 2.55. The zero-order valence-electron chi connectivity index (χ0n) is 8.98. The first-order valence-electron chi connectivity index (χ1n) is 4.92. The number of hydrogen-bond donors (Lipinski definition) is 0. The fourth-order valence-corrected chi connectivity index (χ4v) is 2.76. The predicted molar refractivity (Wildman–Crippen MR) is 68.1 cm³/mol. The van der Waals surface area contributed by atoms with Gasteiger partial charge in [0, 0.05) is 0 Å². The van der Waals surface area contributed by atoms with Gasteiger partial charge >= 0.3 is 7.60 Å². The van der Waals surface area contributed by atoms with Crippen molar-refractivity contribution >= 4 is 34.3 Å². The molecular weight excluding hydrogens is 329 g/mol. The Morgan fingerprint density at radius 1 is 1.22 bits per heavy atom. The molecule has 0 radical (unpaired) electrons. The summed E-state index contributed by atoms with van der Waals surface area (Å²) in [7, 11) is -4.37. The van der Waals surface area contributed by atoms with Crippen molar-refractivity contribution in [2.45, 2.75) is 0 Å². The van der Waals surface area contributed by atoms with Gasteiger partial charge in [0.05, 0.1) is 4.47 Å². The van der Waals surface area contributed by atoms with Crippen LogP contribution in [0.25, 0.3) is 10.8 Å². The van der Waals surface area contributed by atoms with Gasteiger partial charge in [0.2, 0.25) is 6.42 Å². The van der Waals surface area contributed by atoms with Crippen LogP contribution in [0.1, 0.15) is 0 Å². The average Bonchev–Trinajstić information content (AvgIpc) is 2.42. The van der Waals surface area contributed by atoms with Crippen LogP contribution in [0.3, 0.4) is 0 Å². The Hall–Kier alpha value is -0.970. The smallest absolute Gasteiger partial charge is 0.420 e. The second-order valence-corrected chi connectivity index (χ2v) is 6.06. The van der Waals surface area contributed by atoms with E-state index in [2.05, 4.69) is 20.7 Å². The fourth-order valence-electron chi connectivity index (χ4n) is 1.49. The highest BCUT2D eigenvalue weighted by Crippen LogP contribution is 2.51. The van der Waals surface area contributed by atoms with Gasteiger partial charge in [-0.2, -0.15) is 0 Å². The molecule has 0 saturated heterocycles. The largest absolute Gasteiger partial charge is 0.441 e. The van der Waals surface area contributed by atoms with E-state index in [-0.39, 0.29) is 5.75 Å². The molecule has 2 aromatic rings. The summed E-state index contributed by atoms with van der Waals surface area (Å²) in [5.41, 5.74) is 0. The Kier molecular flexibility index (Phi) is 4.00. The monoisotopic (exact) mass is 336 g/mol. The molecular formula is C11H8BrF2O3P. The summed E-state index contributed by atoms with van der Waals surface area (Å²) in [6.07, 6.45) is -1.54. The maximum atomic E-state index is 12.4. The number of benzene rings is 2. The van der Waals surface area contributed by atoms with Gasteiger partial charge in [-0.1, -0.05) is 35.1 Å². The van der Waals surface area contributed by atoms with E-state index in [0.29, 0.717) is 4.47 Å². The van der Waals surface area contributed by atoms with Gasteiger partial charge < -0.3 is 4.52 Å². The molecule has 3 nitrogen and oxygen atoms in total. The molecule has 7 heteroatoms. The van der Waals surface area contributed by atoms with E-state index in [1.807, 2.05) is 12.1 Å². The molecule has 18 heavy (non-hydrogen) atoms. The maximum absolute atomic E-state index is 12.4. The van der Waals surface area contributed by atoms with E-state index in [9.17, 15) is 13.5 Å². The quantitative estimate of drug-likeness (QED) is 0.737. The zero-order chi connectivity index (χ0) is 13.2. The summed E-state index contributed by atoms with van der Waals surface area (Å²) in [4.78, 5) is 0. The fraction of sp³-hybridized carbons (Fsp3) is 0.0909. The predicted octanol–water partition coefficient (Wildman–Crippen LogP) is 5.00. The Morgan fingerprint density at radius 3 is 2.61 bits per heavy atom. The minimum absolute atomic E-state index is 0.0623. The van der Waals surface area contributed by atoms with Crippen molar-refractivity contribution in [1.29, 1.82) is 0 Å². The summed E-state index contributed by atoms with van der Waals surface area (Å²) >= 11 is 3.25. The molecule has 96 valence electrons. The lowest BCUT2D eigenvalue weighted by molar-refractivity contribution is -0.0190. The first-order valence-corrected chi connectivity index (χ1v) is 7.44. The molecule has 0 aliphatic heterocycles. The van der Waals surface area contributed by atoms with E-state index in [0.717, 1.165) is 10.8 Å². The normalized spacial score (nSPS) is 14.4. The molecule has 0 amide bonds. The minimum Gasteiger partial charge on any atom is -0.420 e. The van der Waals surface area contributed by atoms with E-state index in [4.69, 9.17) is 4.52 Å². The maximum Gasteiger partial charge on any atom is 0.441 e. The summed E-state index contributed by atoms with van der Waals surface area (Å²) < 4.78 is 44.2. The number of alkyl halides is 1. The molecule has 0 spiro atoms.